The van der Waals surface area contributed by atoms with Gasteiger partial charge in [0.25, 0.3) is 0 Å². The topological polar surface area (TPSA) is 69.7 Å². The third-order valence-electron chi connectivity index (χ3n) is 2.52. The fraction of sp³-hybridized carbons (Fsp3) is 0.357. The Bertz CT molecular complexity index is 416. The van der Waals surface area contributed by atoms with E-state index < -0.39 is 0 Å². The van der Waals surface area contributed by atoms with E-state index in [-0.39, 0.29) is 24.4 Å². The van der Waals surface area contributed by atoms with Crippen molar-refractivity contribution in [1.82, 2.24) is 15.1 Å². The van der Waals surface area contributed by atoms with Crippen LogP contribution in [0.15, 0.2) is 37.6 Å². The highest BCUT2D eigenvalue weighted by atomic mass is 16.2. The second-order valence-corrected chi connectivity index (χ2v) is 3.74. The Kier molecular flexibility index (Phi) is 8.41. The van der Waals surface area contributed by atoms with E-state index in [1.54, 1.807) is 13.8 Å². The molecule has 0 rings (SSSR count). The summed E-state index contributed by atoms with van der Waals surface area (Å²) in [6, 6.07) is 0. The number of hydrogen-bond acceptors (Lipinski definition) is 3. The Balaban J connectivity index is 4.60. The summed E-state index contributed by atoms with van der Waals surface area (Å²) < 4.78 is 0. The van der Waals surface area contributed by atoms with Crippen LogP contribution in [-0.2, 0) is 14.4 Å². The number of nitrogens with zero attached hydrogens (tertiary/aromatic N) is 2. The van der Waals surface area contributed by atoms with Gasteiger partial charge in [0, 0.05) is 25.4 Å². The summed E-state index contributed by atoms with van der Waals surface area (Å²) in [5, 5.41) is 2.52. The second-order valence-electron chi connectivity index (χ2n) is 3.74. The van der Waals surface area contributed by atoms with Gasteiger partial charge in [0.05, 0.1) is 6.67 Å². The van der Waals surface area contributed by atoms with Crippen LogP contribution in [0.2, 0.25) is 0 Å². The van der Waals surface area contributed by atoms with E-state index in [4.69, 9.17) is 0 Å². The zero-order valence-electron chi connectivity index (χ0n) is 12.0. The van der Waals surface area contributed by atoms with Crippen LogP contribution < -0.4 is 5.32 Å². The van der Waals surface area contributed by atoms with E-state index in [2.05, 4.69) is 18.5 Å². The largest absolute Gasteiger partial charge is 0.335 e. The van der Waals surface area contributed by atoms with Gasteiger partial charge >= 0.3 is 0 Å². The molecule has 0 saturated carbocycles. The Labute approximate surface area is 119 Å². The van der Waals surface area contributed by atoms with Gasteiger partial charge in [-0.05, 0) is 26.0 Å². The molecule has 0 unspecified atom stereocenters. The fourth-order valence-electron chi connectivity index (χ4n) is 1.30. The van der Waals surface area contributed by atoms with Crippen LogP contribution in [0, 0.1) is 0 Å². The normalized spacial score (nSPS) is 9.90. The van der Waals surface area contributed by atoms with Gasteiger partial charge in [-0.15, -0.1) is 0 Å². The van der Waals surface area contributed by atoms with Crippen molar-refractivity contribution in [3.05, 3.63) is 37.6 Å². The third-order valence-corrected chi connectivity index (χ3v) is 2.52. The molecule has 0 fully saturated rings. The molecule has 110 valence electrons. The number of rotatable bonds is 8. The number of likely N-dealkylation sites (N-methyl/N-ethyl adjacent to an activating group) is 2. The van der Waals surface area contributed by atoms with E-state index in [0.717, 1.165) is 6.08 Å². The zero-order chi connectivity index (χ0) is 15.5. The maximum atomic E-state index is 11.9. The molecule has 0 radical (unpaired) electrons. The molecule has 20 heavy (non-hydrogen) atoms. The number of amides is 3. The van der Waals surface area contributed by atoms with Crippen molar-refractivity contribution in [1.29, 1.82) is 0 Å². The summed E-state index contributed by atoms with van der Waals surface area (Å²) in [5.41, 5.74) is 0. The minimum absolute atomic E-state index is 0.0893. The van der Waals surface area contributed by atoms with Crippen molar-refractivity contribution in [2.45, 2.75) is 13.8 Å². The lowest BCUT2D eigenvalue weighted by Gasteiger charge is -2.20. The molecule has 0 aliphatic heterocycles. The van der Waals surface area contributed by atoms with Crippen LogP contribution in [0.4, 0.5) is 0 Å². The fourth-order valence-corrected chi connectivity index (χ4v) is 1.30. The highest BCUT2D eigenvalue weighted by Crippen LogP contribution is 1.95. The first-order chi connectivity index (χ1) is 9.49. The van der Waals surface area contributed by atoms with Crippen LogP contribution >= 0.6 is 0 Å². The predicted octanol–water partition coefficient (Wildman–Crippen LogP) is 0.643. The van der Waals surface area contributed by atoms with Crippen LogP contribution in [0.25, 0.3) is 0 Å². The molecule has 0 aliphatic carbocycles. The lowest BCUT2D eigenvalue weighted by Crippen LogP contribution is -2.40. The first-order valence-corrected chi connectivity index (χ1v) is 6.30. The summed E-state index contributed by atoms with van der Waals surface area (Å²) in [7, 11) is 0. The molecule has 1 N–H and O–H groups in total. The SMILES string of the molecule is C=CC(=O)NCN(CC)C(=O)C=CN(CC)C(=O)C=C. The van der Waals surface area contributed by atoms with E-state index in [1.165, 1.54) is 28.2 Å². The molecular formula is C14H21N3O3. The highest BCUT2D eigenvalue weighted by Gasteiger charge is 2.10. The van der Waals surface area contributed by atoms with Gasteiger partial charge in [-0.1, -0.05) is 13.2 Å². The molecule has 0 aromatic carbocycles. The van der Waals surface area contributed by atoms with Crippen LogP contribution in [0.1, 0.15) is 13.8 Å². The number of carbonyl (C=O) groups is 3. The van der Waals surface area contributed by atoms with E-state index in [9.17, 15) is 14.4 Å². The van der Waals surface area contributed by atoms with Crippen molar-refractivity contribution in [2.75, 3.05) is 19.8 Å². The van der Waals surface area contributed by atoms with E-state index in [1.807, 2.05) is 0 Å². The van der Waals surface area contributed by atoms with Gasteiger partial charge in [0.1, 0.15) is 0 Å². The summed E-state index contributed by atoms with van der Waals surface area (Å²) in [4.78, 5) is 37.1. The summed E-state index contributed by atoms with van der Waals surface area (Å²) in [6.45, 7) is 11.3. The van der Waals surface area contributed by atoms with Gasteiger partial charge < -0.3 is 15.1 Å². The number of nitrogens with one attached hydrogen (secondary N) is 1. The van der Waals surface area contributed by atoms with Crippen LogP contribution in [0.5, 0.6) is 0 Å². The van der Waals surface area contributed by atoms with Crippen LogP contribution in [0.3, 0.4) is 0 Å². The van der Waals surface area contributed by atoms with Crippen molar-refractivity contribution in [3.63, 3.8) is 0 Å². The molecule has 0 aliphatic rings. The molecule has 6 nitrogen and oxygen atoms in total. The zero-order valence-corrected chi connectivity index (χ0v) is 12.0. The molecule has 0 spiro atoms. The van der Waals surface area contributed by atoms with Crippen molar-refractivity contribution < 1.29 is 14.4 Å². The van der Waals surface area contributed by atoms with Crippen molar-refractivity contribution >= 4 is 17.7 Å². The Hall–Kier alpha value is -2.37. The second kappa shape index (κ2) is 9.55. The molecule has 3 amide bonds. The minimum Gasteiger partial charge on any atom is -0.335 e. The average Bonchev–Trinajstić information content (AvgIpc) is 2.47. The molecule has 0 aromatic heterocycles. The minimum atomic E-state index is -0.350. The third kappa shape index (κ3) is 5.99. The Morgan fingerprint density at radius 1 is 1.05 bits per heavy atom. The molecule has 0 heterocycles. The maximum Gasteiger partial charge on any atom is 0.249 e. The van der Waals surface area contributed by atoms with Crippen molar-refractivity contribution in [3.8, 4) is 0 Å². The summed E-state index contributed by atoms with van der Waals surface area (Å²) in [6.07, 6.45) is 5.01. The van der Waals surface area contributed by atoms with Gasteiger partial charge in [-0.2, -0.15) is 0 Å². The first-order valence-electron chi connectivity index (χ1n) is 6.30. The summed E-state index contributed by atoms with van der Waals surface area (Å²) >= 11 is 0. The van der Waals surface area contributed by atoms with Gasteiger partial charge in [0.15, 0.2) is 0 Å². The maximum absolute atomic E-state index is 11.9. The Morgan fingerprint density at radius 3 is 2.15 bits per heavy atom. The summed E-state index contributed by atoms with van der Waals surface area (Å²) in [5.74, 6) is -0.927. The monoisotopic (exact) mass is 279 g/mol. The molecule has 0 atom stereocenters. The standard InChI is InChI=1S/C14H21N3O3/c1-5-12(18)15-11-17(8-4)14(20)9-10-16(7-3)13(19)6-2/h5-6,9-10H,1-2,7-8,11H2,3-4H3,(H,15,18). The first kappa shape index (κ1) is 17.6. The highest BCUT2D eigenvalue weighted by molar-refractivity contribution is 5.91. The van der Waals surface area contributed by atoms with Gasteiger partial charge in [-0.25, -0.2) is 0 Å². The van der Waals surface area contributed by atoms with Crippen molar-refractivity contribution in [2.24, 2.45) is 0 Å². The van der Waals surface area contributed by atoms with Crippen LogP contribution in [-0.4, -0.2) is 47.3 Å². The molecular weight excluding hydrogens is 258 g/mol. The predicted molar refractivity (Wildman–Crippen MR) is 77.3 cm³/mol. The van der Waals surface area contributed by atoms with Gasteiger partial charge in [0.2, 0.25) is 17.7 Å². The smallest absolute Gasteiger partial charge is 0.249 e. The quantitative estimate of drug-likeness (QED) is 0.524. The lowest BCUT2D eigenvalue weighted by molar-refractivity contribution is -0.127. The molecule has 0 aromatic rings. The Morgan fingerprint density at radius 2 is 1.70 bits per heavy atom. The van der Waals surface area contributed by atoms with E-state index in [0.29, 0.717) is 13.1 Å². The molecule has 0 saturated heterocycles. The average molecular weight is 279 g/mol. The lowest BCUT2D eigenvalue weighted by atomic mass is 10.4. The molecule has 0 bridgehead atoms. The van der Waals surface area contributed by atoms with Gasteiger partial charge in [-0.3, -0.25) is 14.4 Å². The number of hydrogen-bond donors (Lipinski definition) is 1. The molecule has 6 heteroatoms. The number of carbonyl (C=O) groups excluding carboxylic acids is 3. The van der Waals surface area contributed by atoms with E-state index >= 15 is 0 Å².